The van der Waals surface area contributed by atoms with Gasteiger partial charge in [-0.1, -0.05) is 78.9 Å². The highest BCUT2D eigenvalue weighted by Crippen LogP contribution is 2.44. The third-order valence-corrected chi connectivity index (χ3v) is 8.68. The van der Waals surface area contributed by atoms with E-state index in [-0.39, 0.29) is 29.6 Å². The lowest BCUT2D eigenvalue weighted by molar-refractivity contribution is -0.163. The Morgan fingerprint density at radius 1 is 0.972 bits per heavy atom. The molecular formula is C28H25ClN2O4S. The number of carbonyl (C=O) groups is 3. The molecule has 2 saturated heterocycles. The number of β-lactam (4-membered cyclic amide) rings is 1. The van der Waals surface area contributed by atoms with Crippen LogP contribution in [0.2, 0.25) is 0 Å². The number of hydrogen-bond donors (Lipinski definition) is 1. The minimum atomic E-state index is -1.05. The first-order valence-electron chi connectivity index (χ1n) is 11.7. The molecule has 0 bridgehead atoms. The van der Waals surface area contributed by atoms with Gasteiger partial charge in [-0.15, -0.1) is 23.4 Å². The molecule has 0 aliphatic carbocycles. The number of ether oxygens (including phenoxy) is 1. The van der Waals surface area contributed by atoms with Crippen LogP contribution in [0.5, 0.6) is 0 Å². The van der Waals surface area contributed by atoms with Crippen LogP contribution >= 0.6 is 23.4 Å². The molecule has 0 radical (unpaired) electrons. The molecule has 8 heteroatoms. The van der Waals surface area contributed by atoms with E-state index >= 15 is 0 Å². The Hall–Kier alpha value is -3.29. The fourth-order valence-corrected chi connectivity index (χ4v) is 6.45. The highest BCUT2D eigenvalue weighted by Gasteiger charge is 2.57. The van der Waals surface area contributed by atoms with Crippen LogP contribution < -0.4 is 5.32 Å². The topological polar surface area (TPSA) is 75.7 Å². The first kappa shape index (κ1) is 24.4. The van der Waals surface area contributed by atoms with E-state index in [4.69, 9.17) is 16.3 Å². The number of esters is 1. The number of hydrogen-bond acceptors (Lipinski definition) is 5. The Labute approximate surface area is 219 Å². The summed E-state index contributed by atoms with van der Waals surface area (Å²) in [4.78, 5) is 40.7. The highest BCUT2D eigenvalue weighted by atomic mass is 35.5. The van der Waals surface area contributed by atoms with Gasteiger partial charge in [0.05, 0.1) is 0 Å². The number of nitrogens with one attached hydrogen (secondary N) is 1. The smallest absolute Gasteiger partial charge is 0.316 e. The van der Waals surface area contributed by atoms with Gasteiger partial charge >= 0.3 is 5.97 Å². The first-order chi connectivity index (χ1) is 17.5. The summed E-state index contributed by atoms with van der Waals surface area (Å²) < 4.78 is 6.10. The van der Waals surface area contributed by atoms with Crippen molar-refractivity contribution in [2.75, 3.05) is 18.2 Å². The molecule has 2 fully saturated rings. The standard InChI is InChI=1S/C28H25ClN2O4S/c29-16-28(27(34)35-23(19-10-4-1-5-11-19)20-12-6-2-7-13-20)17-31-25(33)22(26(31)36-18-28)30-24(32)21-14-8-3-9-15-21/h1-15,22-23,26H,16-18H2,(H,30,32)/t22?,26-,28?/m1/s1. The molecule has 3 aromatic rings. The van der Waals surface area contributed by atoms with E-state index in [1.54, 1.807) is 29.2 Å². The molecule has 6 nitrogen and oxygen atoms in total. The van der Waals surface area contributed by atoms with Crippen molar-refractivity contribution in [1.82, 2.24) is 10.2 Å². The fourth-order valence-electron chi connectivity index (χ4n) is 4.52. The fraction of sp³-hybridized carbons (Fsp3) is 0.250. The largest absolute Gasteiger partial charge is 0.452 e. The number of alkyl halides is 1. The number of benzene rings is 3. The lowest BCUT2D eigenvalue weighted by atomic mass is 9.88. The molecule has 2 aliphatic rings. The summed E-state index contributed by atoms with van der Waals surface area (Å²) in [7, 11) is 0. The Bertz CT molecular complexity index is 1200. The Morgan fingerprint density at radius 3 is 2.08 bits per heavy atom. The summed E-state index contributed by atoms with van der Waals surface area (Å²) in [5, 5.41) is 2.59. The molecule has 2 heterocycles. The molecule has 2 aliphatic heterocycles. The number of carbonyl (C=O) groups excluding carboxylic acids is 3. The summed E-state index contributed by atoms with van der Waals surface area (Å²) in [5.74, 6) is -0.548. The van der Waals surface area contributed by atoms with E-state index < -0.39 is 23.5 Å². The minimum absolute atomic E-state index is 0.0205. The van der Waals surface area contributed by atoms with Crippen molar-refractivity contribution in [2.24, 2.45) is 5.41 Å². The van der Waals surface area contributed by atoms with Gasteiger partial charge in [0.1, 0.15) is 16.8 Å². The van der Waals surface area contributed by atoms with Crippen molar-refractivity contribution in [3.05, 3.63) is 108 Å². The van der Waals surface area contributed by atoms with E-state index in [0.29, 0.717) is 11.3 Å². The van der Waals surface area contributed by atoms with Crippen molar-refractivity contribution < 1.29 is 19.1 Å². The van der Waals surface area contributed by atoms with Gasteiger partial charge < -0.3 is 15.0 Å². The maximum atomic E-state index is 13.6. The van der Waals surface area contributed by atoms with Crippen molar-refractivity contribution in [2.45, 2.75) is 17.5 Å². The van der Waals surface area contributed by atoms with E-state index in [0.717, 1.165) is 11.1 Å². The molecule has 0 aromatic heterocycles. The van der Waals surface area contributed by atoms with Gasteiger partial charge in [-0.3, -0.25) is 14.4 Å². The van der Waals surface area contributed by atoms with E-state index in [2.05, 4.69) is 5.32 Å². The van der Waals surface area contributed by atoms with Crippen LogP contribution in [0.4, 0.5) is 0 Å². The van der Waals surface area contributed by atoms with Crippen LogP contribution in [0.3, 0.4) is 0 Å². The van der Waals surface area contributed by atoms with Crippen LogP contribution in [0.1, 0.15) is 27.6 Å². The number of fused-ring (bicyclic) bond motifs is 1. The second kappa shape index (κ2) is 10.4. The summed E-state index contributed by atoms with van der Waals surface area (Å²) in [5.41, 5.74) is 1.16. The van der Waals surface area contributed by atoms with E-state index in [9.17, 15) is 14.4 Å². The zero-order valence-corrected chi connectivity index (χ0v) is 21.0. The summed E-state index contributed by atoms with van der Waals surface area (Å²) in [6.45, 7) is 0.153. The maximum absolute atomic E-state index is 13.6. The number of thioether (sulfide) groups is 1. The van der Waals surface area contributed by atoms with Gasteiger partial charge in [0.15, 0.2) is 6.10 Å². The van der Waals surface area contributed by atoms with Crippen LogP contribution in [-0.4, -0.2) is 52.3 Å². The van der Waals surface area contributed by atoms with Gasteiger partial charge in [-0.25, -0.2) is 0 Å². The average Bonchev–Trinajstić information content (AvgIpc) is 2.95. The zero-order valence-electron chi connectivity index (χ0n) is 19.4. The molecule has 36 heavy (non-hydrogen) atoms. The molecule has 0 saturated carbocycles. The van der Waals surface area contributed by atoms with Crippen molar-refractivity contribution in [3.63, 3.8) is 0 Å². The van der Waals surface area contributed by atoms with Crippen molar-refractivity contribution in [3.8, 4) is 0 Å². The van der Waals surface area contributed by atoms with Gasteiger partial charge in [0, 0.05) is 23.7 Å². The van der Waals surface area contributed by atoms with Gasteiger partial charge in [-0.05, 0) is 23.3 Å². The molecule has 0 spiro atoms. The molecule has 5 rings (SSSR count). The zero-order chi connectivity index (χ0) is 25.1. The SMILES string of the molecule is O=C(NC1C(=O)N2CC(CCl)(C(=O)OC(c3ccccc3)c3ccccc3)CS[C@H]12)c1ccccc1. The molecule has 184 valence electrons. The van der Waals surface area contributed by atoms with E-state index in [1.165, 1.54) is 11.8 Å². The second-order valence-corrected chi connectivity index (χ2v) is 10.4. The van der Waals surface area contributed by atoms with Crippen LogP contribution in [0, 0.1) is 5.41 Å². The Morgan fingerprint density at radius 2 is 1.53 bits per heavy atom. The van der Waals surface area contributed by atoms with Gasteiger partial charge in [0.2, 0.25) is 5.91 Å². The molecule has 2 amide bonds. The van der Waals surface area contributed by atoms with Crippen LogP contribution in [-0.2, 0) is 14.3 Å². The predicted octanol–water partition coefficient (Wildman–Crippen LogP) is 4.26. The third-order valence-electron chi connectivity index (χ3n) is 6.59. The highest BCUT2D eigenvalue weighted by molar-refractivity contribution is 8.00. The lowest BCUT2D eigenvalue weighted by Crippen LogP contribution is -2.74. The predicted molar refractivity (Wildman–Crippen MR) is 140 cm³/mol. The first-order valence-corrected chi connectivity index (χ1v) is 13.3. The number of amides is 2. The quantitative estimate of drug-likeness (QED) is 0.286. The van der Waals surface area contributed by atoms with Crippen LogP contribution in [0.25, 0.3) is 0 Å². The van der Waals surface area contributed by atoms with Gasteiger partial charge in [-0.2, -0.15) is 0 Å². The molecule has 2 unspecified atom stereocenters. The van der Waals surface area contributed by atoms with Crippen molar-refractivity contribution >= 4 is 41.1 Å². The lowest BCUT2D eigenvalue weighted by Gasteiger charge is -2.53. The van der Waals surface area contributed by atoms with Crippen molar-refractivity contribution in [1.29, 1.82) is 0 Å². The summed E-state index contributed by atoms with van der Waals surface area (Å²) in [6.07, 6.45) is -0.590. The van der Waals surface area contributed by atoms with Crippen LogP contribution in [0.15, 0.2) is 91.0 Å². The Kier molecular flexibility index (Phi) is 7.03. The molecular weight excluding hydrogens is 496 g/mol. The average molecular weight is 521 g/mol. The summed E-state index contributed by atoms with van der Waals surface area (Å²) in [6, 6.07) is 27.3. The minimum Gasteiger partial charge on any atom is -0.452 e. The Balaban J connectivity index is 1.30. The number of halogens is 1. The number of rotatable bonds is 7. The maximum Gasteiger partial charge on any atom is 0.316 e. The summed E-state index contributed by atoms with van der Waals surface area (Å²) >= 11 is 7.82. The third kappa shape index (κ3) is 4.61. The normalized spacial score (nSPS) is 22.9. The molecule has 3 atom stereocenters. The number of nitrogens with zero attached hydrogens (tertiary/aromatic N) is 1. The van der Waals surface area contributed by atoms with E-state index in [1.807, 2.05) is 66.7 Å². The molecule has 1 N–H and O–H groups in total. The molecule has 3 aromatic carbocycles. The second-order valence-electron chi connectivity index (χ2n) is 9.01. The van der Waals surface area contributed by atoms with Gasteiger partial charge in [0.25, 0.3) is 5.91 Å². The monoisotopic (exact) mass is 520 g/mol.